The number of amides is 1. The molecule has 0 rings (SSSR count). The summed E-state index contributed by atoms with van der Waals surface area (Å²) in [4.78, 5) is 11.6. The molecule has 0 heterocycles. The van der Waals surface area contributed by atoms with E-state index in [0.717, 1.165) is 19.3 Å². The minimum Gasteiger partial charge on any atom is -0.352 e. The topological polar surface area (TPSA) is 55.1 Å². The van der Waals surface area contributed by atoms with Crippen LogP contribution in [0.5, 0.6) is 0 Å². The third-order valence-corrected chi connectivity index (χ3v) is 2.89. The van der Waals surface area contributed by atoms with Gasteiger partial charge in [0.05, 0.1) is 6.04 Å². The first-order valence-corrected chi connectivity index (χ1v) is 5.62. The molecular formula is C11H24N2O. The van der Waals surface area contributed by atoms with Crippen molar-refractivity contribution in [1.82, 2.24) is 5.32 Å². The lowest BCUT2D eigenvalue weighted by atomic mass is 9.99. The maximum Gasteiger partial charge on any atom is 0.237 e. The Morgan fingerprint density at radius 1 is 1.21 bits per heavy atom. The summed E-state index contributed by atoms with van der Waals surface area (Å²) in [7, 11) is 0. The zero-order chi connectivity index (χ0) is 11.1. The van der Waals surface area contributed by atoms with Gasteiger partial charge in [0.1, 0.15) is 0 Å². The molecule has 0 radical (unpaired) electrons. The van der Waals surface area contributed by atoms with E-state index in [1.165, 1.54) is 0 Å². The lowest BCUT2D eigenvalue weighted by molar-refractivity contribution is -0.124. The van der Waals surface area contributed by atoms with Crippen LogP contribution in [0.4, 0.5) is 0 Å². The van der Waals surface area contributed by atoms with Gasteiger partial charge in [-0.2, -0.15) is 0 Å². The van der Waals surface area contributed by atoms with Crippen LogP contribution in [0.1, 0.15) is 47.0 Å². The van der Waals surface area contributed by atoms with Crippen LogP contribution in [0.15, 0.2) is 0 Å². The summed E-state index contributed by atoms with van der Waals surface area (Å²) in [6, 6.07) is -0.0850. The normalized spacial score (nSPS) is 15.3. The Bertz CT molecular complexity index is 167. The van der Waals surface area contributed by atoms with Crippen LogP contribution < -0.4 is 11.1 Å². The van der Waals surface area contributed by atoms with Gasteiger partial charge in [-0.05, 0) is 18.8 Å². The summed E-state index contributed by atoms with van der Waals surface area (Å²) in [5, 5.41) is 2.97. The van der Waals surface area contributed by atoms with Gasteiger partial charge in [-0.1, -0.05) is 34.1 Å². The molecular weight excluding hydrogens is 176 g/mol. The molecule has 14 heavy (non-hydrogen) atoms. The van der Waals surface area contributed by atoms with E-state index >= 15 is 0 Å². The number of hydrogen-bond acceptors (Lipinski definition) is 2. The molecule has 0 saturated carbocycles. The van der Waals surface area contributed by atoms with Crippen molar-refractivity contribution in [1.29, 1.82) is 0 Å². The molecule has 0 aliphatic carbocycles. The molecule has 0 unspecified atom stereocenters. The first-order valence-electron chi connectivity index (χ1n) is 5.62. The van der Waals surface area contributed by atoms with Crippen LogP contribution in [0.2, 0.25) is 0 Å². The summed E-state index contributed by atoms with van der Waals surface area (Å²) in [6.07, 6.45) is 2.88. The largest absolute Gasteiger partial charge is 0.352 e. The molecule has 0 saturated heterocycles. The van der Waals surface area contributed by atoms with Crippen LogP contribution in [-0.2, 0) is 4.79 Å². The zero-order valence-electron chi connectivity index (χ0n) is 9.84. The fraction of sp³-hybridized carbons (Fsp3) is 0.909. The van der Waals surface area contributed by atoms with E-state index < -0.39 is 0 Å². The van der Waals surface area contributed by atoms with Gasteiger partial charge in [0.25, 0.3) is 0 Å². The molecule has 84 valence electrons. The summed E-state index contributed by atoms with van der Waals surface area (Å²) in [5.74, 6) is 0.248. The highest BCUT2D eigenvalue weighted by Crippen LogP contribution is 2.06. The van der Waals surface area contributed by atoms with Crippen molar-refractivity contribution in [2.24, 2.45) is 11.7 Å². The summed E-state index contributed by atoms with van der Waals surface area (Å²) in [5.41, 5.74) is 5.82. The molecule has 3 N–H and O–H groups in total. The van der Waals surface area contributed by atoms with Gasteiger partial charge in [0, 0.05) is 6.04 Å². The number of carbonyl (C=O) groups is 1. The molecule has 0 aliphatic rings. The Kier molecular flexibility index (Phi) is 6.54. The van der Waals surface area contributed by atoms with E-state index in [0.29, 0.717) is 0 Å². The lowest BCUT2D eigenvalue weighted by Gasteiger charge is -2.21. The minimum atomic E-state index is -0.361. The van der Waals surface area contributed by atoms with E-state index in [9.17, 15) is 4.79 Å². The molecule has 3 nitrogen and oxygen atoms in total. The molecule has 2 atom stereocenters. The minimum absolute atomic E-state index is 0.00644. The predicted octanol–water partition coefficient (Wildman–Crippen LogP) is 1.66. The van der Waals surface area contributed by atoms with Crippen molar-refractivity contribution < 1.29 is 4.79 Å². The maximum atomic E-state index is 11.6. The summed E-state index contributed by atoms with van der Waals surface area (Å²) in [6.45, 7) is 8.21. The van der Waals surface area contributed by atoms with Crippen LogP contribution in [0.25, 0.3) is 0 Å². The van der Waals surface area contributed by atoms with E-state index in [1.807, 2.05) is 6.92 Å². The highest BCUT2D eigenvalue weighted by atomic mass is 16.2. The highest BCUT2D eigenvalue weighted by molar-refractivity contribution is 5.82. The Morgan fingerprint density at radius 2 is 1.71 bits per heavy atom. The van der Waals surface area contributed by atoms with Gasteiger partial charge in [-0.25, -0.2) is 0 Å². The summed E-state index contributed by atoms with van der Waals surface area (Å²) >= 11 is 0. The Balaban J connectivity index is 4.06. The Labute approximate surface area is 87.4 Å². The van der Waals surface area contributed by atoms with E-state index in [2.05, 4.69) is 26.1 Å². The van der Waals surface area contributed by atoms with Gasteiger partial charge >= 0.3 is 0 Å². The third kappa shape index (κ3) is 4.09. The number of carbonyl (C=O) groups excluding carboxylic acids is 1. The van der Waals surface area contributed by atoms with E-state index in [4.69, 9.17) is 5.73 Å². The van der Waals surface area contributed by atoms with Gasteiger partial charge in [0.15, 0.2) is 0 Å². The van der Waals surface area contributed by atoms with Crippen LogP contribution in [-0.4, -0.2) is 18.0 Å². The molecule has 3 heteroatoms. The summed E-state index contributed by atoms with van der Waals surface area (Å²) < 4.78 is 0. The Morgan fingerprint density at radius 3 is 2.07 bits per heavy atom. The maximum absolute atomic E-state index is 11.6. The van der Waals surface area contributed by atoms with Crippen molar-refractivity contribution in [3.8, 4) is 0 Å². The van der Waals surface area contributed by atoms with Crippen molar-refractivity contribution in [3.63, 3.8) is 0 Å². The van der Waals surface area contributed by atoms with Crippen molar-refractivity contribution in [2.75, 3.05) is 0 Å². The average Bonchev–Trinajstić information content (AvgIpc) is 2.23. The average molecular weight is 200 g/mol. The van der Waals surface area contributed by atoms with Gasteiger partial charge in [-0.3, -0.25) is 4.79 Å². The number of nitrogens with one attached hydrogen (secondary N) is 1. The number of rotatable bonds is 6. The van der Waals surface area contributed by atoms with Crippen LogP contribution in [0, 0.1) is 5.92 Å². The molecule has 1 amide bonds. The molecule has 0 aromatic rings. The molecule has 0 aromatic heterocycles. The second-order valence-corrected chi connectivity index (χ2v) is 3.93. The fourth-order valence-electron chi connectivity index (χ4n) is 1.30. The van der Waals surface area contributed by atoms with Crippen molar-refractivity contribution in [2.45, 2.75) is 59.0 Å². The quantitative estimate of drug-likeness (QED) is 0.685. The first kappa shape index (κ1) is 13.4. The SMILES string of the molecule is CCC(CC)NC(=O)[C@@H](N)[C@@H](C)CC. The smallest absolute Gasteiger partial charge is 0.237 e. The molecule has 0 aromatic carbocycles. The van der Waals surface area contributed by atoms with Crippen LogP contribution >= 0.6 is 0 Å². The fourth-order valence-corrected chi connectivity index (χ4v) is 1.30. The second kappa shape index (κ2) is 6.82. The monoisotopic (exact) mass is 200 g/mol. The zero-order valence-corrected chi connectivity index (χ0v) is 9.84. The molecule has 0 fully saturated rings. The molecule has 0 aliphatic heterocycles. The molecule has 0 spiro atoms. The third-order valence-electron chi connectivity index (χ3n) is 2.89. The molecule has 0 bridgehead atoms. The first-order chi connectivity index (χ1) is 6.56. The van der Waals surface area contributed by atoms with Gasteiger partial charge in [-0.15, -0.1) is 0 Å². The number of hydrogen-bond donors (Lipinski definition) is 2. The standard InChI is InChI=1S/C11H24N2O/c1-5-8(4)10(12)11(14)13-9(6-2)7-3/h8-10H,5-7,12H2,1-4H3,(H,13,14)/t8-,10-/m0/s1. The van der Waals surface area contributed by atoms with Gasteiger partial charge in [0.2, 0.25) is 5.91 Å². The second-order valence-electron chi connectivity index (χ2n) is 3.93. The Hall–Kier alpha value is -0.570. The number of nitrogens with two attached hydrogens (primary N) is 1. The van der Waals surface area contributed by atoms with Crippen LogP contribution in [0.3, 0.4) is 0 Å². The van der Waals surface area contributed by atoms with Gasteiger partial charge < -0.3 is 11.1 Å². The van der Waals surface area contributed by atoms with E-state index in [1.54, 1.807) is 0 Å². The van der Waals surface area contributed by atoms with Crippen molar-refractivity contribution in [3.05, 3.63) is 0 Å². The lowest BCUT2D eigenvalue weighted by Crippen LogP contribution is -2.48. The van der Waals surface area contributed by atoms with Crippen molar-refractivity contribution >= 4 is 5.91 Å². The predicted molar refractivity (Wildman–Crippen MR) is 59.9 cm³/mol. The highest BCUT2D eigenvalue weighted by Gasteiger charge is 2.20. The van der Waals surface area contributed by atoms with E-state index in [-0.39, 0.29) is 23.9 Å².